The zero-order valence-electron chi connectivity index (χ0n) is 22.2. The molecular formula is C28H34N8O2. The van der Waals surface area contributed by atoms with Gasteiger partial charge in [0.1, 0.15) is 0 Å². The van der Waals surface area contributed by atoms with Gasteiger partial charge in [0.2, 0.25) is 0 Å². The van der Waals surface area contributed by atoms with Crippen LogP contribution < -0.4 is 0 Å². The molecule has 0 atom stereocenters. The van der Waals surface area contributed by atoms with Crippen LogP contribution in [0.15, 0.2) is 35.7 Å². The second-order valence-corrected chi connectivity index (χ2v) is 10.2. The van der Waals surface area contributed by atoms with Crippen molar-refractivity contribution in [1.82, 2.24) is 34.6 Å². The maximum atomic E-state index is 11.4. The van der Waals surface area contributed by atoms with E-state index in [4.69, 9.17) is 4.98 Å². The van der Waals surface area contributed by atoms with E-state index in [0.717, 1.165) is 95.4 Å². The van der Waals surface area contributed by atoms with E-state index in [-0.39, 0.29) is 5.92 Å². The maximum absolute atomic E-state index is 11.4. The fourth-order valence-electron chi connectivity index (χ4n) is 5.51. The lowest BCUT2D eigenvalue weighted by Crippen LogP contribution is -2.22. The molecule has 0 aliphatic heterocycles. The normalized spacial score (nSPS) is 18.9. The number of carbonyl (C=O) groups is 1. The monoisotopic (exact) mass is 514 g/mol. The highest BCUT2D eigenvalue weighted by molar-refractivity contribution is 5.86. The number of aliphatic carboxylic acids is 1. The maximum Gasteiger partial charge on any atom is 0.306 e. The molecule has 5 rings (SSSR count). The molecule has 198 valence electrons. The Labute approximate surface area is 221 Å². The third kappa shape index (κ3) is 4.90. The summed E-state index contributed by atoms with van der Waals surface area (Å²) in [6.45, 7) is 7.90. The summed E-state index contributed by atoms with van der Waals surface area (Å²) in [5, 5.41) is 27.0. The number of fused-ring (bicyclic) bond motifs is 3. The van der Waals surface area contributed by atoms with E-state index in [2.05, 4.69) is 45.1 Å². The van der Waals surface area contributed by atoms with Gasteiger partial charge in [0.25, 0.3) is 0 Å². The van der Waals surface area contributed by atoms with Crippen LogP contribution in [0.4, 0.5) is 0 Å². The van der Waals surface area contributed by atoms with Gasteiger partial charge in [0.05, 0.1) is 35.1 Å². The van der Waals surface area contributed by atoms with Crippen LogP contribution in [0, 0.1) is 18.8 Å². The first-order valence-electron chi connectivity index (χ1n) is 13.2. The van der Waals surface area contributed by atoms with Crippen molar-refractivity contribution in [1.29, 1.82) is 0 Å². The SMILES string of the molecule is C=N/C(=C\C=C(/CCC)c1cnn2c1nc(CC1CCC(C(=O)O)CC1)c1c(C)[nH]nc12)c1cnn(C)c1. The van der Waals surface area contributed by atoms with Crippen molar-refractivity contribution < 1.29 is 9.90 Å². The first-order chi connectivity index (χ1) is 18.4. The van der Waals surface area contributed by atoms with Gasteiger partial charge in [0.15, 0.2) is 11.3 Å². The number of aryl methyl sites for hydroxylation is 2. The van der Waals surface area contributed by atoms with Crippen molar-refractivity contribution in [3.8, 4) is 0 Å². The zero-order chi connectivity index (χ0) is 26.8. The van der Waals surface area contributed by atoms with E-state index in [9.17, 15) is 9.90 Å². The zero-order valence-corrected chi connectivity index (χ0v) is 22.2. The van der Waals surface area contributed by atoms with Crippen LogP contribution >= 0.6 is 0 Å². The van der Waals surface area contributed by atoms with Crippen molar-refractivity contribution in [3.05, 3.63) is 53.3 Å². The number of H-pyrrole nitrogens is 1. The number of aromatic nitrogens is 7. The van der Waals surface area contributed by atoms with Gasteiger partial charge < -0.3 is 5.11 Å². The van der Waals surface area contributed by atoms with E-state index in [0.29, 0.717) is 5.92 Å². The first-order valence-corrected chi connectivity index (χ1v) is 13.2. The van der Waals surface area contributed by atoms with Gasteiger partial charge in [-0.05, 0) is 69.7 Å². The molecule has 10 nitrogen and oxygen atoms in total. The summed E-state index contributed by atoms with van der Waals surface area (Å²) in [6, 6.07) is 0. The molecule has 38 heavy (non-hydrogen) atoms. The molecule has 0 saturated heterocycles. The van der Waals surface area contributed by atoms with Crippen LogP contribution in [0.3, 0.4) is 0 Å². The van der Waals surface area contributed by atoms with Crippen LogP contribution in [-0.2, 0) is 18.3 Å². The predicted octanol–water partition coefficient (Wildman–Crippen LogP) is 5.01. The third-order valence-corrected chi connectivity index (χ3v) is 7.56. The van der Waals surface area contributed by atoms with Crippen LogP contribution in [0.5, 0.6) is 0 Å². The Morgan fingerprint density at radius 1 is 1.21 bits per heavy atom. The molecular weight excluding hydrogens is 480 g/mol. The summed E-state index contributed by atoms with van der Waals surface area (Å²) in [4.78, 5) is 20.8. The van der Waals surface area contributed by atoms with Gasteiger partial charge in [-0.3, -0.25) is 19.6 Å². The lowest BCUT2D eigenvalue weighted by Gasteiger charge is -2.26. The average Bonchev–Trinajstić information content (AvgIpc) is 3.63. The Balaban J connectivity index is 1.55. The molecule has 0 aromatic carbocycles. The molecule has 1 aliphatic carbocycles. The Hall–Kier alpha value is -4.08. The number of carboxylic acid groups (broad SMARTS) is 1. The highest BCUT2D eigenvalue weighted by Gasteiger charge is 2.28. The summed E-state index contributed by atoms with van der Waals surface area (Å²) in [6.07, 6.45) is 15.4. The van der Waals surface area contributed by atoms with E-state index in [1.807, 2.05) is 37.0 Å². The van der Waals surface area contributed by atoms with E-state index in [1.54, 1.807) is 10.9 Å². The molecule has 0 unspecified atom stereocenters. The minimum Gasteiger partial charge on any atom is -0.481 e. The molecule has 0 bridgehead atoms. The van der Waals surface area contributed by atoms with E-state index in [1.165, 1.54) is 0 Å². The molecule has 0 radical (unpaired) electrons. The number of nitrogens with zero attached hydrogens (tertiary/aromatic N) is 7. The van der Waals surface area contributed by atoms with Gasteiger partial charge in [0, 0.05) is 30.1 Å². The van der Waals surface area contributed by atoms with Crippen molar-refractivity contribution in [2.45, 2.75) is 58.8 Å². The van der Waals surface area contributed by atoms with Gasteiger partial charge in [-0.1, -0.05) is 19.4 Å². The third-order valence-electron chi connectivity index (χ3n) is 7.56. The first kappa shape index (κ1) is 25.6. The van der Waals surface area contributed by atoms with Crippen LogP contribution in [0.1, 0.15) is 68.0 Å². The highest BCUT2D eigenvalue weighted by atomic mass is 16.4. The van der Waals surface area contributed by atoms with Gasteiger partial charge in [-0.25, -0.2) is 4.98 Å². The van der Waals surface area contributed by atoms with Crippen molar-refractivity contribution in [2.24, 2.45) is 23.9 Å². The number of hydrogen-bond donors (Lipinski definition) is 2. The summed E-state index contributed by atoms with van der Waals surface area (Å²) in [5.74, 6) is -0.503. The molecule has 1 fully saturated rings. The molecule has 1 saturated carbocycles. The van der Waals surface area contributed by atoms with Gasteiger partial charge in [-0.2, -0.15) is 19.8 Å². The fraction of sp³-hybridized carbons (Fsp3) is 0.429. The lowest BCUT2D eigenvalue weighted by atomic mass is 9.80. The van der Waals surface area contributed by atoms with Gasteiger partial charge in [-0.15, -0.1) is 0 Å². The molecule has 10 heteroatoms. The van der Waals surface area contributed by atoms with Crippen LogP contribution in [0.2, 0.25) is 0 Å². The summed E-state index contributed by atoms with van der Waals surface area (Å²) in [7, 11) is 1.88. The number of nitrogens with one attached hydrogen (secondary N) is 1. The van der Waals surface area contributed by atoms with E-state index < -0.39 is 5.97 Å². The Morgan fingerprint density at radius 3 is 2.66 bits per heavy atom. The summed E-state index contributed by atoms with van der Waals surface area (Å²) < 4.78 is 3.56. The largest absolute Gasteiger partial charge is 0.481 e. The van der Waals surface area contributed by atoms with Crippen molar-refractivity contribution in [3.63, 3.8) is 0 Å². The Morgan fingerprint density at radius 2 is 2.00 bits per heavy atom. The molecule has 2 N–H and O–H groups in total. The molecule has 1 aliphatic rings. The molecule has 4 aromatic heterocycles. The number of hydrogen-bond acceptors (Lipinski definition) is 6. The number of aliphatic imine (C=N–C) groups is 1. The van der Waals surface area contributed by atoms with E-state index >= 15 is 0 Å². The fourth-order valence-corrected chi connectivity index (χ4v) is 5.51. The summed E-state index contributed by atoms with van der Waals surface area (Å²) in [5.41, 5.74) is 7.24. The second kappa shape index (κ2) is 10.7. The van der Waals surface area contributed by atoms with Crippen molar-refractivity contribution >= 4 is 40.6 Å². The molecule has 0 amide bonds. The number of carboxylic acids is 1. The second-order valence-electron chi connectivity index (χ2n) is 10.2. The number of allylic oxidation sites excluding steroid dienone is 3. The minimum absolute atomic E-state index is 0.227. The Bertz CT molecular complexity index is 1550. The predicted molar refractivity (Wildman–Crippen MR) is 148 cm³/mol. The summed E-state index contributed by atoms with van der Waals surface area (Å²) >= 11 is 0. The topological polar surface area (TPSA) is 126 Å². The van der Waals surface area contributed by atoms with Crippen molar-refractivity contribution in [2.75, 3.05) is 0 Å². The van der Waals surface area contributed by atoms with Crippen LogP contribution in [0.25, 0.3) is 28.0 Å². The Kier molecular flexibility index (Phi) is 7.22. The number of rotatable bonds is 9. The average molecular weight is 515 g/mol. The smallest absolute Gasteiger partial charge is 0.306 e. The quantitative estimate of drug-likeness (QED) is 0.239. The van der Waals surface area contributed by atoms with Gasteiger partial charge >= 0.3 is 5.97 Å². The molecule has 4 aromatic rings. The lowest BCUT2D eigenvalue weighted by molar-refractivity contribution is -0.143. The highest BCUT2D eigenvalue weighted by Crippen LogP contribution is 2.34. The van der Waals surface area contributed by atoms with Crippen LogP contribution in [-0.4, -0.2) is 52.4 Å². The molecule has 4 heterocycles. The standard InChI is InChI=1S/C28H34N8O2/c1-5-6-19(11-12-23(29-3)21-14-30-35(4)16-21)22-15-31-36-26(22)32-24(25-17(2)33-34-27(25)36)13-18-7-9-20(10-8-18)28(37)38/h11-12,14-16,18,20H,3,5-10,13H2,1-2,4H3,(H,33,34)(H,37,38)/b19-11+,23-12-. The molecule has 0 spiro atoms. The minimum atomic E-state index is -0.678. The number of aromatic amines is 1.